The van der Waals surface area contributed by atoms with Gasteiger partial charge in [0.05, 0.1) is 11.5 Å². The normalized spacial score (nSPS) is 21.0. The second kappa shape index (κ2) is 10.3. The average molecular weight is 552 g/mol. The van der Waals surface area contributed by atoms with Gasteiger partial charge in [-0.1, -0.05) is 24.8 Å². The topological polar surface area (TPSA) is 174 Å². The smallest absolute Gasteiger partial charge is 0.669 e. The van der Waals surface area contributed by atoms with Crippen LogP contribution in [0.4, 0.5) is 8.78 Å². The molecule has 0 atom stereocenters. The van der Waals surface area contributed by atoms with E-state index in [1.807, 2.05) is 0 Å². The molecule has 2 aromatic carbocycles. The first-order chi connectivity index (χ1) is 16.7. The molecule has 0 amide bonds. The number of carboxylic acid groups (broad SMARTS) is 2. The van der Waals surface area contributed by atoms with Gasteiger partial charge in [0, 0.05) is 0 Å². The van der Waals surface area contributed by atoms with Gasteiger partial charge in [-0.2, -0.15) is 0 Å². The molecule has 0 saturated heterocycles. The molecule has 2 aromatic rings. The predicted octanol–water partition coefficient (Wildman–Crippen LogP) is -4.25. The predicted molar refractivity (Wildman–Crippen MR) is 120 cm³/mol. The molecule has 0 radical (unpaired) electrons. The SMILES string of the molecule is O=C(O)c1c(F)ccc2c1O[B-](O)(O)CC21CC1.O=C(O)c1c(F)ccc2c1O[B-](O)(O)CC21CC1.[Na+].[Na+]. The number of carbonyl (C=O) groups is 2. The number of benzene rings is 2. The molecule has 2 aliphatic heterocycles. The van der Waals surface area contributed by atoms with E-state index in [1.165, 1.54) is 12.1 Å². The van der Waals surface area contributed by atoms with Crippen molar-refractivity contribution in [3.63, 3.8) is 0 Å². The van der Waals surface area contributed by atoms with E-state index in [2.05, 4.69) is 0 Å². The summed E-state index contributed by atoms with van der Waals surface area (Å²) in [5.74, 6) is -5.31. The maximum Gasteiger partial charge on any atom is 1.00 e. The summed E-state index contributed by atoms with van der Waals surface area (Å²) < 4.78 is 36.9. The summed E-state index contributed by atoms with van der Waals surface area (Å²) in [6, 6.07) is 5.10. The van der Waals surface area contributed by atoms with Crippen molar-refractivity contribution in [3.05, 3.63) is 58.2 Å². The van der Waals surface area contributed by atoms with Gasteiger partial charge in [-0.3, -0.25) is 0 Å². The Bertz CT molecular complexity index is 1220. The molecule has 0 unspecified atom stereocenters. The van der Waals surface area contributed by atoms with E-state index in [0.717, 1.165) is 37.8 Å². The van der Waals surface area contributed by atoms with Crippen molar-refractivity contribution in [3.8, 4) is 11.5 Å². The van der Waals surface area contributed by atoms with Crippen molar-refractivity contribution >= 4 is 25.4 Å². The van der Waals surface area contributed by atoms with E-state index in [-0.39, 0.29) is 83.3 Å². The Hall–Kier alpha value is -1.19. The van der Waals surface area contributed by atoms with Gasteiger partial charge in [0.15, 0.2) is 0 Å². The van der Waals surface area contributed by atoms with Crippen molar-refractivity contribution in [2.24, 2.45) is 0 Å². The Kier molecular flexibility index (Phi) is 8.52. The van der Waals surface area contributed by atoms with Gasteiger partial charge in [0.1, 0.15) is 22.8 Å². The average Bonchev–Trinajstić information content (AvgIpc) is 3.65. The molecule has 6 rings (SSSR count). The fourth-order valence-corrected chi connectivity index (χ4v) is 5.54. The van der Waals surface area contributed by atoms with Crippen LogP contribution >= 0.6 is 0 Å². The van der Waals surface area contributed by atoms with Crippen LogP contribution in [-0.4, -0.2) is 55.8 Å². The van der Waals surface area contributed by atoms with Crippen LogP contribution in [0.5, 0.6) is 11.5 Å². The minimum Gasteiger partial charge on any atom is -0.669 e. The number of hydrogen-bond donors (Lipinski definition) is 6. The van der Waals surface area contributed by atoms with Gasteiger partial charge in [-0.15, -0.1) is 0 Å². The molecular weight excluding hydrogens is 530 g/mol. The van der Waals surface area contributed by atoms with Crippen LogP contribution in [0, 0.1) is 11.6 Å². The van der Waals surface area contributed by atoms with Gasteiger partial charge in [-0.05, 0) is 59.8 Å². The third-order valence-corrected chi connectivity index (χ3v) is 7.42. The van der Waals surface area contributed by atoms with Crippen LogP contribution in [0.1, 0.15) is 57.5 Å². The number of rotatable bonds is 2. The van der Waals surface area contributed by atoms with Crippen LogP contribution in [-0.2, 0) is 10.8 Å². The van der Waals surface area contributed by atoms with Gasteiger partial charge >= 0.3 is 84.6 Å². The number of halogens is 2. The Morgan fingerprint density at radius 3 is 1.26 bits per heavy atom. The Morgan fingerprint density at radius 2 is 1.00 bits per heavy atom. The fraction of sp³-hybridized carbons (Fsp3) is 0.364. The zero-order chi connectivity index (χ0) is 26.3. The summed E-state index contributed by atoms with van der Waals surface area (Å²) in [5.41, 5.74) is -1.08. The van der Waals surface area contributed by atoms with Crippen LogP contribution in [0.2, 0.25) is 12.6 Å². The zero-order valence-corrected chi connectivity index (χ0v) is 24.8. The second-order valence-electron chi connectivity index (χ2n) is 10.1. The monoisotopic (exact) mass is 552 g/mol. The van der Waals surface area contributed by atoms with Crippen molar-refractivity contribution in [2.45, 2.75) is 49.2 Å². The van der Waals surface area contributed by atoms with E-state index in [0.29, 0.717) is 11.1 Å². The molecule has 2 aliphatic carbocycles. The maximum absolute atomic E-state index is 13.5. The van der Waals surface area contributed by atoms with Crippen molar-refractivity contribution < 1.29 is 117 Å². The van der Waals surface area contributed by atoms with Crippen LogP contribution in [0.25, 0.3) is 0 Å². The van der Waals surface area contributed by atoms with E-state index in [1.54, 1.807) is 0 Å². The molecule has 192 valence electrons. The summed E-state index contributed by atoms with van der Waals surface area (Å²) >= 11 is 0. The first-order valence-corrected chi connectivity index (χ1v) is 11.4. The summed E-state index contributed by atoms with van der Waals surface area (Å²) in [5, 5.41) is 56.7. The Balaban J connectivity index is 0.000000200. The van der Waals surface area contributed by atoms with Crippen molar-refractivity contribution in [1.29, 1.82) is 0 Å². The van der Waals surface area contributed by atoms with Gasteiger partial charge < -0.3 is 39.6 Å². The minimum absolute atomic E-state index is 0. The number of hydrogen-bond acceptors (Lipinski definition) is 8. The van der Waals surface area contributed by atoms with Crippen molar-refractivity contribution in [1.82, 2.24) is 0 Å². The standard InChI is InChI=1S/2C11H11BFO5.2Na/c2*13-7-2-1-6-9(8(7)10(14)15)18-12(16,17)5-11(6)3-4-11;;/h2*1-2,16-17H,3-5H2,(H,14,15);;/q2*-1;2*+1. The minimum atomic E-state index is -3.12. The summed E-state index contributed by atoms with van der Waals surface area (Å²) in [6.45, 7) is -6.24. The molecule has 16 heteroatoms. The van der Waals surface area contributed by atoms with Crippen LogP contribution < -0.4 is 68.4 Å². The van der Waals surface area contributed by atoms with Gasteiger partial charge in [-0.25, -0.2) is 18.4 Å². The molecule has 2 fully saturated rings. The number of carboxylic acids is 2. The molecule has 2 saturated carbocycles. The summed E-state index contributed by atoms with van der Waals surface area (Å²) in [4.78, 5) is 22.1. The molecule has 6 N–H and O–H groups in total. The second-order valence-corrected chi connectivity index (χ2v) is 10.1. The first kappa shape index (κ1) is 31.3. The quantitative estimate of drug-likeness (QED) is 0.201. The van der Waals surface area contributed by atoms with Crippen molar-refractivity contribution in [2.75, 3.05) is 0 Å². The maximum atomic E-state index is 13.5. The molecule has 2 heterocycles. The first-order valence-electron chi connectivity index (χ1n) is 11.4. The molecule has 2 spiro atoms. The van der Waals surface area contributed by atoms with Gasteiger partial charge in [0.25, 0.3) is 0 Å². The van der Waals surface area contributed by atoms with Gasteiger partial charge in [0.2, 0.25) is 0 Å². The zero-order valence-electron chi connectivity index (χ0n) is 20.8. The summed E-state index contributed by atoms with van der Waals surface area (Å²) in [6.07, 6.45) is 2.95. The van der Waals surface area contributed by atoms with Crippen LogP contribution in [0.3, 0.4) is 0 Å². The third kappa shape index (κ3) is 5.53. The third-order valence-electron chi connectivity index (χ3n) is 7.42. The summed E-state index contributed by atoms with van der Waals surface area (Å²) in [7, 11) is 0. The largest absolute Gasteiger partial charge is 1.00 e. The Morgan fingerprint density at radius 1 is 0.684 bits per heavy atom. The molecule has 0 bridgehead atoms. The van der Waals surface area contributed by atoms with Crippen LogP contribution in [0.15, 0.2) is 24.3 Å². The molecule has 0 aromatic heterocycles. The molecule has 38 heavy (non-hydrogen) atoms. The number of fused-ring (bicyclic) bond motifs is 4. The van der Waals surface area contributed by atoms with E-state index in [9.17, 15) is 38.5 Å². The van der Waals surface area contributed by atoms with E-state index in [4.69, 9.17) is 19.5 Å². The molecule has 4 aliphatic rings. The Labute approximate surface area is 259 Å². The molecular formula is C22H22B2F2Na2O10. The molecule has 10 nitrogen and oxygen atoms in total. The number of aromatic carboxylic acids is 2. The van der Waals surface area contributed by atoms with E-state index < -0.39 is 59.0 Å². The fourth-order valence-electron chi connectivity index (χ4n) is 5.54. The van der Waals surface area contributed by atoms with E-state index >= 15 is 0 Å².